The number of carboxylic acid groups (broad SMARTS) is 1. The molecule has 232 valence electrons. The van der Waals surface area contributed by atoms with Gasteiger partial charge in [-0.3, -0.25) is 9.69 Å². The van der Waals surface area contributed by atoms with E-state index >= 15 is 0 Å². The highest BCUT2D eigenvalue weighted by Gasteiger charge is 2.62. The molecule has 2 amide bonds. The lowest BCUT2D eigenvalue weighted by molar-refractivity contribution is -0.162. The molecule has 3 aliphatic rings. The van der Waals surface area contributed by atoms with Crippen molar-refractivity contribution in [3.05, 3.63) is 23.9 Å². The maximum absolute atomic E-state index is 13.7. The number of nitrogens with zero attached hydrogens (tertiary/aromatic N) is 2. The number of fused-ring (bicyclic) bond motifs is 1. The van der Waals surface area contributed by atoms with Crippen molar-refractivity contribution in [2.45, 2.75) is 92.2 Å². The molecule has 41 heavy (non-hydrogen) atoms. The summed E-state index contributed by atoms with van der Waals surface area (Å²) >= 11 is 0. The molecule has 2 saturated heterocycles. The van der Waals surface area contributed by atoms with Gasteiger partial charge in [0.2, 0.25) is 5.91 Å². The van der Waals surface area contributed by atoms with Gasteiger partial charge >= 0.3 is 12.1 Å². The van der Waals surface area contributed by atoms with E-state index in [1.165, 1.54) is 11.0 Å². The van der Waals surface area contributed by atoms with Crippen molar-refractivity contribution in [2.75, 3.05) is 26.4 Å². The number of amides is 2. The van der Waals surface area contributed by atoms with Crippen LogP contribution < -0.4 is 0 Å². The second kappa shape index (κ2) is 12.3. The van der Waals surface area contributed by atoms with Crippen molar-refractivity contribution < 1.29 is 33.1 Å². The third kappa shape index (κ3) is 6.52. The molecule has 3 rings (SSSR count). The van der Waals surface area contributed by atoms with Crippen molar-refractivity contribution >= 4 is 36.1 Å². The van der Waals surface area contributed by atoms with Gasteiger partial charge in [-0.25, -0.2) is 9.59 Å². The van der Waals surface area contributed by atoms with Crippen LogP contribution >= 0.6 is 0 Å². The van der Waals surface area contributed by atoms with Crippen LogP contribution in [0.1, 0.15) is 54.4 Å². The Bertz CT molecular complexity index is 1060. The quantitative estimate of drug-likeness (QED) is 0.207. The zero-order valence-electron chi connectivity index (χ0n) is 26.8. The van der Waals surface area contributed by atoms with Crippen LogP contribution in [-0.2, 0) is 23.2 Å². The van der Waals surface area contributed by atoms with Gasteiger partial charge in [-0.1, -0.05) is 54.2 Å². The molecule has 5 atom stereocenters. The molecule has 1 N–H and O–H groups in total. The maximum Gasteiger partial charge on any atom is 0.410 e. The third-order valence-corrected chi connectivity index (χ3v) is 10.9. The van der Waals surface area contributed by atoms with Crippen LogP contribution in [0, 0.1) is 28.6 Å². The largest absolute Gasteiger partial charge is 0.477 e. The summed E-state index contributed by atoms with van der Waals surface area (Å²) in [5.74, 6) is -1.78. The molecule has 3 heterocycles. The first kappa shape index (κ1) is 33.5. The second-order valence-electron chi connectivity index (χ2n) is 14.6. The molecular formula is C30H52N2O7Si2. The Balaban J connectivity index is 2.01. The van der Waals surface area contributed by atoms with Gasteiger partial charge in [0.25, 0.3) is 0 Å². The Morgan fingerprint density at radius 1 is 1.12 bits per heavy atom. The van der Waals surface area contributed by atoms with Gasteiger partial charge in [0.15, 0.2) is 18.1 Å². The van der Waals surface area contributed by atoms with Crippen LogP contribution in [0.15, 0.2) is 23.9 Å². The summed E-state index contributed by atoms with van der Waals surface area (Å²) < 4.78 is 18.0. The van der Waals surface area contributed by atoms with Crippen LogP contribution in [0.25, 0.3) is 0 Å². The molecule has 0 aromatic heterocycles. The van der Waals surface area contributed by atoms with Crippen LogP contribution in [-0.4, -0.2) is 88.9 Å². The fraction of sp³-hybridized carbons (Fsp3) is 0.767. The number of hydrogen-bond acceptors (Lipinski definition) is 6. The SMILES string of the molecule is C=CCOC(=O)N1CC(C2=C(C(=O)O)N3C(=O)[C@@H]([C@@H](CO[SiH](C)C)C(C)(C)C)[C@H]3C2)C[C@@]1(CO[SiH](C)C)C(C)(C)C. The van der Waals surface area contributed by atoms with Gasteiger partial charge in [0.1, 0.15) is 12.3 Å². The van der Waals surface area contributed by atoms with Crippen LogP contribution in [0.4, 0.5) is 4.79 Å². The molecule has 0 saturated carbocycles. The zero-order valence-corrected chi connectivity index (χ0v) is 29.1. The summed E-state index contributed by atoms with van der Waals surface area (Å²) in [6.07, 6.45) is 2.12. The lowest BCUT2D eigenvalue weighted by Crippen LogP contribution is -2.63. The summed E-state index contributed by atoms with van der Waals surface area (Å²) in [5.41, 5.74) is -0.418. The third-order valence-electron chi connectivity index (χ3n) is 9.19. The van der Waals surface area contributed by atoms with E-state index in [0.29, 0.717) is 32.6 Å². The van der Waals surface area contributed by atoms with Crippen LogP contribution in [0.3, 0.4) is 0 Å². The van der Waals surface area contributed by atoms with Gasteiger partial charge in [0.05, 0.1) is 24.1 Å². The summed E-state index contributed by atoms with van der Waals surface area (Å²) in [6.45, 7) is 26.0. The molecule has 2 fully saturated rings. The summed E-state index contributed by atoms with van der Waals surface area (Å²) in [5, 5.41) is 10.4. The minimum atomic E-state index is -1.43. The average Bonchev–Trinajstić information content (AvgIpc) is 3.40. The van der Waals surface area contributed by atoms with E-state index in [4.69, 9.17) is 13.6 Å². The van der Waals surface area contributed by atoms with Crippen molar-refractivity contribution in [3.63, 3.8) is 0 Å². The van der Waals surface area contributed by atoms with Gasteiger partial charge in [-0.15, -0.1) is 0 Å². The van der Waals surface area contributed by atoms with Crippen molar-refractivity contribution in [3.8, 4) is 0 Å². The Morgan fingerprint density at radius 2 is 1.73 bits per heavy atom. The number of carbonyl (C=O) groups excluding carboxylic acids is 2. The van der Waals surface area contributed by atoms with Gasteiger partial charge in [-0.05, 0) is 61.4 Å². The number of aliphatic carboxylic acids is 1. The van der Waals surface area contributed by atoms with E-state index < -0.39 is 35.7 Å². The number of rotatable bonds is 11. The van der Waals surface area contributed by atoms with Crippen LogP contribution in [0.5, 0.6) is 0 Å². The molecule has 9 nitrogen and oxygen atoms in total. The standard InChI is InChI=1S/C30H52N2O7Si2/c1-12-13-37-27(36)31-16-19(15-30(31,29(5,6)7)18-39-41(10)11)20-14-22-23(25(33)32(22)24(20)26(34)35)21(28(2,3)4)17-38-40(8)9/h12,19,21-23,40-41H,1,13-18H2,2-11H3,(H,34,35)/t19?,21-,22-,23+,30-/m1/s1. The van der Waals surface area contributed by atoms with Gasteiger partial charge in [-0.2, -0.15) is 0 Å². The Hall–Kier alpha value is -1.96. The predicted molar refractivity (Wildman–Crippen MR) is 165 cm³/mol. The van der Waals surface area contributed by atoms with Gasteiger partial charge < -0.3 is 23.6 Å². The second-order valence-corrected chi connectivity index (χ2v) is 19.4. The van der Waals surface area contributed by atoms with Crippen LogP contribution in [0.2, 0.25) is 26.2 Å². The number of β-lactam (4-membered cyclic amide) rings is 1. The number of ether oxygens (including phenoxy) is 1. The minimum absolute atomic E-state index is 0.0208. The lowest BCUT2D eigenvalue weighted by Gasteiger charge is -2.50. The molecule has 1 unspecified atom stereocenters. The fourth-order valence-corrected chi connectivity index (χ4v) is 8.01. The monoisotopic (exact) mass is 608 g/mol. The summed E-state index contributed by atoms with van der Waals surface area (Å²) in [6, 6.07) is -0.213. The first-order valence-corrected chi connectivity index (χ1v) is 20.5. The van der Waals surface area contributed by atoms with E-state index in [-0.39, 0.29) is 52.8 Å². The van der Waals surface area contributed by atoms with Gasteiger partial charge in [0, 0.05) is 19.1 Å². The normalized spacial score (nSPS) is 27.4. The van der Waals surface area contributed by atoms with E-state index in [1.807, 2.05) is 0 Å². The van der Waals surface area contributed by atoms with E-state index in [1.54, 1.807) is 4.90 Å². The van der Waals surface area contributed by atoms with Crippen molar-refractivity contribution in [1.82, 2.24) is 9.80 Å². The highest BCUT2D eigenvalue weighted by Crippen LogP contribution is 2.55. The molecule has 0 spiro atoms. The summed E-state index contributed by atoms with van der Waals surface area (Å²) in [4.78, 5) is 43.1. The Kier molecular flexibility index (Phi) is 10.1. The molecule has 0 bridgehead atoms. The fourth-order valence-electron chi connectivity index (χ4n) is 6.80. The number of hydrogen-bond donors (Lipinski definition) is 1. The number of carbonyl (C=O) groups is 3. The Labute approximate surface area is 249 Å². The first-order chi connectivity index (χ1) is 18.9. The summed E-state index contributed by atoms with van der Waals surface area (Å²) in [7, 11) is -2.73. The number of carboxylic acids is 1. The first-order valence-electron chi connectivity index (χ1n) is 14.9. The topological polar surface area (TPSA) is 106 Å². The van der Waals surface area contributed by atoms with Crippen molar-refractivity contribution in [2.24, 2.45) is 28.6 Å². The molecule has 0 aromatic carbocycles. The Morgan fingerprint density at radius 3 is 2.22 bits per heavy atom. The highest BCUT2D eigenvalue weighted by molar-refractivity contribution is 6.48. The number of likely N-dealkylation sites (tertiary alicyclic amines) is 1. The molecule has 3 aliphatic heterocycles. The highest BCUT2D eigenvalue weighted by atomic mass is 28.3. The smallest absolute Gasteiger partial charge is 0.410 e. The molecular weight excluding hydrogens is 557 g/mol. The average molecular weight is 609 g/mol. The molecule has 0 radical (unpaired) electrons. The molecule has 0 aromatic rings. The molecule has 0 aliphatic carbocycles. The van der Waals surface area contributed by atoms with E-state index in [2.05, 4.69) is 74.3 Å². The predicted octanol–water partition coefficient (Wildman–Crippen LogP) is 4.65. The van der Waals surface area contributed by atoms with E-state index in [0.717, 1.165) is 5.57 Å². The lowest BCUT2D eigenvalue weighted by atomic mass is 9.66. The maximum atomic E-state index is 13.7. The zero-order chi connectivity index (χ0) is 31.1. The van der Waals surface area contributed by atoms with Crippen molar-refractivity contribution in [1.29, 1.82) is 0 Å². The minimum Gasteiger partial charge on any atom is -0.477 e. The van der Waals surface area contributed by atoms with E-state index in [9.17, 15) is 19.5 Å². The molecule has 11 heteroatoms.